The second-order valence-electron chi connectivity index (χ2n) is 6.24. The zero-order valence-corrected chi connectivity index (χ0v) is 12.1. The predicted octanol–water partition coefficient (Wildman–Crippen LogP) is 4.39. The summed E-state index contributed by atoms with van der Waals surface area (Å²) in [6, 6.07) is 5.40. The first-order valence-electron chi connectivity index (χ1n) is 7.31. The minimum Gasteiger partial charge on any atom is -0.310 e. The molecule has 1 nitrogen and oxygen atoms in total. The number of fused-ring (bicyclic) bond motifs is 2. The van der Waals surface area contributed by atoms with Crippen LogP contribution < -0.4 is 5.32 Å². The third kappa shape index (κ3) is 2.80. The molecule has 1 aromatic rings. The first-order valence-corrected chi connectivity index (χ1v) is 7.68. The molecule has 2 fully saturated rings. The van der Waals surface area contributed by atoms with Crippen LogP contribution in [0.4, 0.5) is 4.39 Å². The van der Waals surface area contributed by atoms with Crippen LogP contribution in [0, 0.1) is 23.6 Å². The lowest BCUT2D eigenvalue weighted by molar-refractivity contribution is 0.259. The number of rotatable bonds is 4. The molecule has 3 rings (SSSR count). The van der Waals surface area contributed by atoms with Gasteiger partial charge in [-0.05, 0) is 56.1 Å². The van der Waals surface area contributed by atoms with Crippen molar-refractivity contribution in [1.82, 2.24) is 5.32 Å². The topological polar surface area (TPSA) is 12.0 Å². The SMILES string of the molecule is CC(NCc1ccc(Cl)cc1F)C1CC2CCC1C2. The summed E-state index contributed by atoms with van der Waals surface area (Å²) >= 11 is 5.77. The fraction of sp³-hybridized carbons (Fsp3) is 0.625. The number of nitrogens with one attached hydrogen (secondary N) is 1. The van der Waals surface area contributed by atoms with E-state index in [0.29, 0.717) is 23.2 Å². The molecule has 0 spiro atoms. The van der Waals surface area contributed by atoms with Gasteiger partial charge in [-0.25, -0.2) is 4.39 Å². The molecule has 19 heavy (non-hydrogen) atoms. The van der Waals surface area contributed by atoms with Gasteiger partial charge in [0.25, 0.3) is 0 Å². The molecular weight excluding hydrogens is 261 g/mol. The molecule has 1 aromatic carbocycles. The molecular formula is C16H21ClFN. The van der Waals surface area contributed by atoms with Crippen LogP contribution in [0.1, 0.15) is 38.2 Å². The van der Waals surface area contributed by atoms with Gasteiger partial charge in [0.15, 0.2) is 0 Å². The summed E-state index contributed by atoms with van der Waals surface area (Å²) in [6.45, 7) is 2.84. The van der Waals surface area contributed by atoms with Gasteiger partial charge in [-0.1, -0.05) is 24.1 Å². The summed E-state index contributed by atoms with van der Waals surface area (Å²) in [4.78, 5) is 0. The smallest absolute Gasteiger partial charge is 0.129 e. The third-order valence-corrected chi connectivity index (χ3v) is 5.30. The van der Waals surface area contributed by atoms with Crippen molar-refractivity contribution in [3.05, 3.63) is 34.6 Å². The Morgan fingerprint density at radius 1 is 1.37 bits per heavy atom. The standard InChI is InChI=1S/C16H21ClFN/c1-10(15-7-11-2-3-12(15)6-11)19-9-13-4-5-14(17)8-16(13)18/h4-5,8,10-12,15,19H,2-3,6-7,9H2,1H3. The first-order chi connectivity index (χ1) is 9.13. The van der Waals surface area contributed by atoms with Crippen molar-refractivity contribution < 1.29 is 4.39 Å². The molecule has 0 aromatic heterocycles. The van der Waals surface area contributed by atoms with Crippen molar-refractivity contribution in [3.63, 3.8) is 0 Å². The van der Waals surface area contributed by atoms with Gasteiger partial charge in [0.05, 0.1) is 0 Å². The molecule has 0 saturated heterocycles. The van der Waals surface area contributed by atoms with Crippen molar-refractivity contribution in [2.75, 3.05) is 0 Å². The van der Waals surface area contributed by atoms with Crippen molar-refractivity contribution in [1.29, 1.82) is 0 Å². The largest absolute Gasteiger partial charge is 0.310 e. The monoisotopic (exact) mass is 281 g/mol. The fourth-order valence-corrected chi connectivity index (χ4v) is 4.15. The van der Waals surface area contributed by atoms with Crippen LogP contribution in [0.5, 0.6) is 0 Å². The Bertz CT molecular complexity index is 462. The number of hydrogen-bond donors (Lipinski definition) is 1. The number of hydrogen-bond acceptors (Lipinski definition) is 1. The van der Waals surface area contributed by atoms with E-state index in [-0.39, 0.29) is 5.82 Å². The Morgan fingerprint density at radius 3 is 2.84 bits per heavy atom. The Morgan fingerprint density at radius 2 is 2.21 bits per heavy atom. The van der Waals surface area contributed by atoms with Crippen LogP contribution in [-0.2, 0) is 6.54 Å². The summed E-state index contributed by atoms with van der Waals surface area (Å²) < 4.78 is 13.7. The average Bonchev–Trinajstić information content (AvgIpc) is 2.99. The van der Waals surface area contributed by atoms with Gasteiger partial charge < -0.3 is 5.32 Å². The number of halogens is 2. The van der Waals surface area contributed by atoms with Gasteiger partial charge >= 0.3 is 0 Å². The molecule has 2 aliphatic carbocycles. The summed E-state index contributed by atoms with van der Waals surface area (Å²) in [5.74, 6) is 2.45. The van der Waals surface area contributed by atoms with Crippen LogP contribution >= 0.6 is 11.6 Å². The van der Waals surface area contributed by atoms with Gasteiger partial charge in [0, 0.05) is 23.2 Å². The zero-order valence-electron chi connectivity index (χ0n) is 11.3. The van der Waals surface area contributed by atoms with Crippen molar-refractivity contribution in [2.45, 2.75) is 45.2 Å². The van der Waals surface area contributed by atoms with E-state index in [9.17, 15) is 4.39 Å². The van der Waals surface area contributed by atoms with Crippen LogP contribution in [0.3, 0.4) is 0 Å². The van der Waals surface area contributed by atoms with E-state index in [4.69, 9.17) is 11.6 Å². The quantitative estimate of drug-likeness (QED) is 0.863. The van der Waals surface area contributed by atoms with Crippen molar-refractivity contribution in [2.24, 2.45) is 17.8 Å². The fourth-order valence-electron chi connectivity index (χ4n) is 3.99. The molecule has 4 atom stereocenters. The zero-order chi connectivity index (χ0) is 13.4. The predicted molar refractivity (Wildman–Crippen MR) is 76.6 cm³/mol. The van der Waals surface area contributed by atoms with E-state index >= 15 is 0 Å². The minimum absolute atomic E-state index is 0.208. The lowest BCUT2D eigenvalue weighted by atomic mass is 9.84. The Balaban J connectivity index is 1.57. The van der Waals surface area contributed by atoms with Crippen LogP contribution in [0.15, 0.2) is 18.2 Å². The summed E-state index contributed by atoms with van der Waals surface area (Å²) in [7, 11) is 0. The van der Waals surface area contributed by atoms with E-state index in [0.717, 1.165) is 17.8 Å². The molecule has 0 amide bonds. The molecule has 0 heterocycles. The average molecular weight is 282 g/mol. The second kappa shape index (κ2) is 5.41. The molecule has 4 unspecified atom stereocenters. The molecule has 0 radical (unpaired) electrons. The molecule has 104 valence electrons. The third-order valence-electron chi connectivity index (χ3n) is 5.06. The van der Waals surface area contributed by atoms with Gasteiger partial charge in [-0.3, -0.25) is 0 Å². The summed E-state index contributed by atoms with van der Waals surface area (Å²) in [5, 5.41) is 3.96. The highest BCUT2D eigenvalue weighted by Crippen LogP contribution is 2.49. The minimum atomic E-state index is -0.208. The summed E-state index contributed by atoms with van der Waals surface area (Å²) in [5.41, 5.74) is 0.708. The van der Waals surface area contributed by atoms with Gasteiger partial charge in [0.2, 0.25) is 0 Å². The van der Waals surface area contributed by atoms with E-state index < -0.39 is 0 Å². The highest BCUT2D eigenvalue weighted by molar-refractivity contribution is 6.30. The first kappa shape index (κ1) is 13.4. The maximum absolute atomic E-state index is 13.7. The van der Waals surface area contributed by atoms with Crippen molar-refractivity contribution >= 4 is 11.6 Å². The highest BCUT2D eigenvalue weighted by atomic mass is 35.5. The number of benzene rings is 1. The molecule has 2 aliphatic rings. The molecule has 2 bridgehead atoms. The lowest BCUT2D eigenvalue weighted by Gasteiger charge is -2.28. The molecule has 2 saturated carbocycles. The van der Waals surface area contributed by atoms with Crippen molar-refractivity contribution in [3.8, 4) is 0 Å². The van der Waals surface area contributed by atoms with E-state index in [1.54, 1.807) is 12.1 Å². The molecule has 0 aliphatic heterocycles. The summed E-state index contributed by atoms with van der Waals surface area (Å²) in [6.07, 6.45) is 5.62. The molecule has 1 N–H and O–H groups in total. The lowest BCUT2D eigenvalue weighted by Crippen LogP contribution is -2.36. The molecule has 3 heteroatoms. The van der Waals surface area contributed by atoms with E-state index in [1.165, 1.54) is 31.7 Å². The van der Waals surface area contributed by atoms with Crippen LogP contribution in [0.25, 0.3) is 0 Å². The van der Waals surface area contributed by atoms with Gasteiger partial charge in [0.1, 0.15) is 5.82 Å². The maximum atomic E-state index is 13.7. The maximum Gasteiger partial charge on any atom is 0.129 e. The van der Waals surface area contributed by atoms with Crippen LogP contribution in [-0.4, -0.2) is 6.04 Å². The van der Waals surface area contributed by atoms with Gasteiger partial charge in [-0.15, -0.1) is 0 Å². The van der Waals surface area contributed by atoms with E-state index in [2.05, 4.69) is 12.2 Å². The Labute approximate surface area is 119 Å². The Kier molecular flexibility index (Phi) is 3.81. The highest BCUT2D eigenvalue weighted by Gasteiger charge is 2.41. The Hall–Kier alpha value is -0.600. The second-order valence-corrected chi connectivity index (χ2v) is 6.68. The van der Waals surface area contributed by atoms with E-state index in [1.807, 2.05) is 0 Å². The normalized spacial score (nSPS) is 30.8. The van der Waals surface area contributed by atoms with Gasteiger partial charge in [-0.2, -0.15) is 0 Å². The van der Waals surface area contributed by atoms with Crippen LogP contribution in [0.2, 0.25) is 5.02 Å².